The van der Waals surface area contributed by atoms with Crippen LogP contribution in [0.15, 0.2) is 24.3 Å². The van der Waals surface area contributed by atoms with Crippen LogP contribution in [0.5, 0.6) is 5.75 Å². The summed E-state index contributed by atoms with van der Waals surface area (Å²) in [4.78, 5) is 0. The van der Waals surface area contributed by atoms with E-state index in [1.54, 1.807) is 0 Å². The minimum atomic E-state index is 0.473. The standard InChI is InChI=1S/C16H24ClNO/c1-2-10-18-15(11-13-4-3-5-13)12-19-16-8-6-14(17)7-9-16/h6-9,13,15,18H,2-5,10-12H2,1H3. The fourth-order valence-corrected chi connectivity index (χ4v) is 2.54. The van der Waals surface area contributed by atoms with Crippen molar-refractivity contribution in [2.45, 2.75) is 45.1 Å². The molecule has 1 aromatic rings. The first-order valence-electron chi connectivity index (χ1n) is 7.39. The number of hydrogen-bond donors (Lipinski definition) is 1. The van der Waals surface area contributed by atoms with Crippen molar-refractivity contribution in [1.82, 2.24) is 5.32 Å². The minimum Gasteiger partial charge on any atom is -0.492 e. The van der Waals surface area contributed by atoms with Gasteiger partial charge in [0.05, 0.1) is 0 Å². The highest BCUT2D eigenvalue weighted by atomic mass is 35.5. The van der Waals surface area contributed by atoms with Gasteiger partial charge in [0.1, 0.15) is 12.4 Å². The molecule has 1 aliphatic carbocycles. The lowest BCUT2D eigenvalue weighted by atomic mass is 9.81. The Hall–Kier alpha value is -0.730. The molecule has 1 saturated carbocycles. The molecule has 3 heteroatoms. The van der Waals surface area contributed by atoms with Gasteiger partial charge in [0.25, 0.3) is 0 Å². The van der Waals surface area contributed by atoms with Crippen molar-refractivity contribution < 1.29 is 4.74 Å². The van der Waals surface area contributed by atoms with Gasteiger partial charge in [0, 0.05) is 11.1 Å². The molecular weight excluding hydrogens is 258 g/mol. The lowest BCUT2D eigenvalue weighted by Crippen LogP contribution is -2.38. The Morgan fingerprint density at radius 3 is 2.63 bits per heavy atom. The zero-order valence-electron chi connectivity index (χ0n) is 11.7. The fourth-order valence-electron chi connectivity index (χ4n) is 2.42. The van der Waals surface area contributed by atoms with Crippen molar-refractivity contribution in [3.63, 3.8) is 0 Å². The van der Waals surface area contributed by atoms with E-state index in [0.29, 0.717) is 6.04 Å². The van der Waals surface area contributed by atoms with Gasteiger partial charge in [-0.25, -0.2) is 0 Å². The lowest BCUT2D eigenvalue weighted by Gasteiger charge is -2.30. The van der Waals surface area contributed by atoms with E-state index in [0.717, 1.165) is 29.8 Å². The van der Waals surface area contributed by atoms with Gasteiger partial charge in [-0.2, -0.15) is 0 Å². The first-order chi connectivity index (χ1) is 9.28. The highest BCUT2D eigenvalue weighted by molar-refractivity contribution is 6.30. The Kier molecular flexibility index (Phi) is 5.99. The minimum absolute atomic E-state index is 0.473. The average molecular weight is 282 g/mol. The zero-order valence-corrected chi connectivity index (χ0v) is 12.5. The summed E-state index contributed by atoms with van der Waals surface area (Å²) in [6.45, 7) is 4.02. The third kappa shape index (κ3) is 5.04. The summed E-state index contributed by atoms with van der Waals surface area (Å²) in [7, 11) is 0. The molecule has 1 N–H and O–H groups in total. The van der Waals surface area contributed by atoms with Gasteiger partial charge < -0.3 is 10.1 Å². The van der Waals surface area contributed by atoms with Crippen LogP contribution in [0.3, 0.4) is 0 Å². The molecule has 19 heavy (non-hydrogen) atoms. The maximum atomic E-state index is 5.87. The summed E-state index contributed by atoms with van der Waals surface area (Å²) >= 11 is 5.87. The van der Waals surface area contributed by atoms with Crippen LogP contribution in [-0.2, 0) is 0 Å². The van der Waals surface area contributed by atoms with Gasteiger partial charge in [0.2, 0.25) is 0 Å². The zero-order chi connectivity index (χ0) is 13.5. The highest BCUT2D eigenvalue weighted by Gasteiger charge is 2.22. The van der Waals surface area contributed by atoms with E-state index < -0.39 is 0 Å². The smallest absolute Gasteiger partial charge is 0.119 e. The molecule has 0 amide bonds. The molecule has 0 bridgehead atoms. The Balaban J connectivity index is 1.78. The predicted molar refractivity (Wildman–Crippen MR) is 81.0 cm³/mol. The molecule has 1 atom stereocenters. The molecule has 106 valence electrons. The lowest BCUT2D eigenvalue weighted by molar-refractivity contribution is 0.202. The van der Waals surface area contributed by atoms with Crippen molar-refractivity contribution in [2.75, 3.05) is 13.2 Å². The molecular formula is C16H24ClNO. The van der Waals surface area contributed by atoms with Crippen LogP contribution in [0.1, 0.15) is 39.0 Å². The van der Waals surface area contributed by atoms with E-state index in [-0.39, 0.29) is 0 Å². The molecule has 0 saturated heterocycles. The second-order valence-corrected chi connectivity index (χ2v) is 5.89. The summed E-state index contributed by atoms with van der Waals surface area (Å²) in [5, 5.41) is 4.35. The van der Waals surface area contributed by atoms with Gasteiger partial charge in [-0.3, -0.25) is 0 Å². The quantitative estimate of drug-likeness (QED) is 0.768. The van der Waals surface area contributed by atoms with E-state index in [2.05, 4.69) is 12.2 Å². The molecule has 2 nitrogen and oxygen atoms in total. The average Bonchev–Trinajstić information content (AvgIpc) is 2.38. The van der Waals surface area contributed by atoms with Crippen LogP contribution in [0.2, 0.25) is 5.02 Å². The van der Waals surface area contributed by atoms with Crippen LogP contribution < -0.4 is 10.1 Å². The number of ether oxygens (including phenoxy) is 1. The van der Waals surface area contributed by atoms with Gasteiger partial charge in [-0.15, -0.1) is 0 Å². The normalized spacial score (nSPS) is 16.9. The Bertz CT molecular complexity index is 362. The predicted octanol–water partition coefficient (Wildman–Crippen LogP) is 4.28. The molecule has 0 radical (unpaired) electrons. The topological polar surface area (TPSA) is 21.3 Å². The van der Waals surface area contributed by atoms with Gasteiger partial charge in [-0.05, 0) is 49.6 Å². The number of hydrogen-bond acceptors (Lipinski definition) is 2. The Labute approximate surface area is 121 Å². The van der Waals surface area contributed by atoms with Crippen LogP contribution in [0.4, 0.5) is 0 Å². The highest BCUT2D eigenvalue weighted by Crippen LogP contribution is 2.30. The first-order valence-corrected chi connectivity index (χ1v) is 7.77. The second kappa shape index (κ2) is 7.76. The summed E-state index contributed by atoms with van der Waals surface area (Å²) in [6, 6.07) is 8.08. The maximum Gasteiger partial charge on any atom is 0.119 e. The molecule has 2 rings (SSSR count). The molecule has 0 aliphatic heterocycles. The first kappa shape index (κ1) is 14.7. The molecule has 0 aromatic heterocycles. The van der Waals surface area contributed by atoms with E-state index in [4.69, 9.17) is 16.3 Å². The Morgan fingerprint density at radius 1 is 1.32 bits per heavy atom. The van der Waals surface area contributed by atoms with Crippen molar-refractivity contribution in [3.8, 4) is 5.75 Å². The van der Waals surface area contributed by atoms with E-state index in [1.165, 1.54) is 32.1 Å². The SMILES string of the molecule is CCCNC(COc1ccc(Cl)cc1)CC1CCC1. The number of benzene rings is 1. The second-order valence-electron chi connectivity index (χ2n) is 5.45. The van der Waals surface area contributed by atoms with Gasteiger partial charge in [0.15, 0.2) is 0 Å². The number of nitrogens with one attached hydrogen (secondary N) is 1. The van der Waals surface area contributed by atoms with Crippen LogP contribution in [-0.4, -0.2) is 19.2 Å². The molecule has 1 aromatic carbocycles. The number of halogens is 1. The number of rotatable bonds is 8. The van der Waals surface area contributed by atoms with Crippen LogP contribution >= 0.6 is 11.6 Å². The third-order valence-corrected chi connectivity index (χ3v) is 4.04. The van der Waals surface area contributed by atoms with Crippen LogP contribution in [0, 0.1) is 5.92 Å². The Morgan fingerprint density at radius 2 is 2.05 bits per heavy atom. The van der Waals surface area contributed by atoms with Crippen molar-refractivity contribution in [2.24, 2.45) is 5.92 Å². The molecule has 0 heterocycles. The van der Waals surface area contributed by atoms with Gasteiger partial charge >= 0.3 is 0 Å². The summed E-state index contributed by atoms with van der Waals surface area (Å²) in [6.07, 6.45) is 6.61. The molecule has 1 aliphatic rings. The molecule has 0 spiro atoms. The molecule has 1 fully saturated rings. The maximum absolute atomic E-state index is 5.87. The van der Waals surface area contributed by atoms with E-state index >= 15 is 0 Å². The largest absolute Gasteiger partial charge is 0.492 e. The van der Waals surface area contributed by atoms with Crippen LogP contribution in [0.25, 0.3) is 0 Å². The summed E-state index contributed by atoms with van der Waals surface area (Å²) in [5.41, 5.74) is 0. The fraction of sp³-hybridized carbons (Fsp3) is 0.625. The van der Waals surface area contributed by atoms with Gasteiger partial charge in [-0.1, -0.05) is 37.8 Å². The third-order valence-electron chi connectivity index (χ3n) is 3.79. The summed E-state index contributed by atoms with van der Waals surface area (Å²) in [5.74, 6) is 1.81. The van der Waals surface area contributed by atoms with Crippen molar-refractivity contribution in [3.05, 3.63) is 29.3 Å². The van der Waals surface area contributed by atoms with Crippen molar-refractivity contribution >= 4 is 11.6 Å². The van der Waals surface area contributed by atoms with E-state index in [9.17, 15) is 0 Å². The molecule has 1 unspecified atom stereocenters. The van der Waals surface area contributed by atoms with Crippen molar-refractivity contribution in [1.29, 1.82) is 0 Å². The summed E-state index contributed by atoms with van der Waals surface area (Å²) < 4.78 is 5.87. The monoisotopic (exact) mass is 281 g/mol. The van der Waals surface area contributed by atoms with E-state index in [1.807, 2.05) is 24.3 Å².